The first-order chi connectivity index (χ1) is 11.0. The van der Waals surface area contributed by atoms with Gasteiger partial charge in [0.05, 0.1) is 19.6 Å². The molecule has 0 saturated heterocycles. The number of ether oxygens (including phenoxy) is 2. The van der Waals surface area contributed by atoms with E-state index in [9.17, 15) is 15.0 Å². The molecule has 23 heavy (non-hydrogen) atoms. The van der Waals surface area contributed by atoms with Gasteiger partial charge in [-0.25, -0.2) is 4.79 Å². The summed E-state index contributed by atoms with van der Waals surface area (Å²) in [6.45, 7) is 0. The summed E-state index contributed by atoms with van der Waals surface area (Å²) in [4.78, 5) is 11.8. The molecule has 118 valence electrons. The summed E-state index contributed by atoms with van der Waals surface area (Å²) >= 11 is 0. The van der Waals surface area contributed by atoms with E-state index in [2.05, 4.69) is 0 Å². The van der Waals surface area contributed by atoms with Crippen LogP contribution in [0.4, 0.5) is 0 Å². The number of hydrogen-bond acceptors (Lipinski definition) is 6. The molecule has 3 rings (SSSR count). The van der Waals surface area contributed by atoms with Gasteiger partial charge in [0, 0.05) is 23.8 Å². The topological polar surface area (TPSA) is 89.1 Å². The number of hydrogen-bond donors (Lipinski definition) is 2. The molecule has 1 aromatic heterocycles. The van der Waals surface area contributed by atoms with E-state index in [1.807, 2.05) is 0 Å². The van der Waals surface area contributed by atoms with E-state index in [0.29, 0.717) is 28.0 Å². The van der Waals surface area contributed by atoms with E-state index in [0.717, 1.165) is 0 Å². The summed E-state index contributed by atoms with van der Waals surface area (Å²) < 4.78 is 15.5. The minimum atomic E-state index is -0.590. The highest BCUT2D eigenvalue weighted by Crippen LogP contribution is 2.39. The van der Waals surface area contributed by atoms with Crippen molar-refractivity contribution in [3.8, 4) is 34.1 Å². The number of fused-ring (bicyclic) bond motifs is 1. The standard InChI is InChI=1S/C17H14O6/c1-21-13-4-3-9(5-14(13)22-2)11-8-16(20)23-15-7-10(18)6-12(19)17(11)15/h3-8,18-19H,1-2H3. The third-order valence-electron chi connectivity index (χ3n) is 3.50. The molecular formula is C17H14O6. The van der Waals surface area contributed by atoms with E-state index >= 15 is 0 Å². The largest absolute Gasteiger partial charge is 0.508 e. The van der Waals surface area contributed by atoms with Crippen LogP contribution in [0, 0.1) is 0 Å². The van der Waals surface area contributed by atoms with Crippen LogP contribution in [0.2, 0.25) is 0 Å². The van der Waals surface area contributed by atoms with Gasteiger partial charge in [-0.3, -0.25) is 0 Å². The third kappa shape index (κ3) is 2.55. The van der Waals surface area contributed by atoms with Crippen molar-refractivity contribution >= 4 is 11.0 Å². The maximum atomic E-state index is 11.8. The molecule has 3 aromatic rings. The van der Waals surface area contributed by atoms with E-state index in [1.54, 1.807) is 18.2 Å². The van der Waals surface area contributed by atoms with E-state index in [-0.39, 0.29) is 17.1 Å². The van der Waals surface area contributed by atoms with Gasteiger partial charge in [0.2, 0.25) is 0 Å². The van der Waals surface area contributed by atoms with Gasteiger partial charge < -0.3 is 24.1 Å². The summed E-state index contributed by atoms with van der Waals surface area (Å²) in [6.07, 6.45) is 0. The zero-order valence-corrected chi connectivity index (χ0v) is 12.5. The normalized spacial score (nSPS) is 10.7. The van der Waals surface area contributed by atoms with Crippen molar-refractivity contribution in [2.45, 2.75) is 0 Å². The Morgan fingerprint density at radius 2 is 1.70 bits per heavy atom. The smallest absolute Gasteiger partial charge is 0.336 e. The van der Waals surface area contributed by atoms with Crippen LogP contribution in [-0.2, 0) is 0 Å². The van der Waals surface area contributed by atoms with Crippen molar-refractivity contribution in [2.75, 3.05) is 14.2 Å². The summed E-state index contributed by atoms with van der Waals surface area (Å²) in [7, 11) is 3.03. The molecule has 2 aromatic carbocycles. The molecule has 2 N–H and O–H groups in total. The summed E-state index contributed by atoms with van der Waals surface area (Å²) in [5.74, 6) is 0.659. The number of rotatable bonds is 3. The van der Waals surface area contributed by atoms with E-state index in [4.69, 9.17) is 13.9 Å². The molecule has 0 aliphatic heterocycles. The van der Waals surface area contributed by atoms with Crippen LogP contribution in [0.15, 0.2) is 45.6 Å². The predicted octanol–water partition coefficient (Wildman–Crippen LogP) is 2.89. The lowest BCUT2D eigenvalue weighted by atomic mass is 10.0. The molecule has 0 atom stereocenters. The highest BCUT2D eigenvalue weighted by molar-refractivity contribution is 5.98. The van der Waals surface area contributed by atoms with Crippen LogP contribution >= 0.6 is 0 Å². The average molecular weight is 314 g/mol. The maximum absolute atomic E-state index is 11.8. The molecule has 0 amide bonds. The monoisotopic (exact) mass is 314 g/mol. The second kappa shape index (κ2) is 5.57. The Kier molecular flexibility index (Phi) is 3.57. The Bertz CT molecular complexity index is 942. The lowest BCUT2D eigenvalue weighted by Gasteiger charge is -2.11. The number of phenolic OH excluding ortho intramolecular Hbond substituents is 2. The molecule has 0 aliphatic carbocycles. The Hall–Kier alpha value is -3.15. The van der Waals surface area contributed by atoms with E-state index < -0.39 is 5.63 Å². The summed E-state index contributed by atoms with van der Waals surface area (Å²) in [5.41, 5.74) is 0.614. The van der Waals surface area contributed by atoms with E-state index in [1.165, 1.54) is 32.4 Å². The Labute approximate surface area is 131 Å². The first kappa shape index (κ1) is 14.8. The van der Waals surface area contributed by atoms with Crippen LogP contribution in [-0.4, -0.2) is 24.4 Å². The van der Waals surface area contributed by atoms with Crippen molar-refractivity contribution in [3.05, 3.63) is 46.8 Å². The van der Waals surface area contributed by atoms with Gasteiger partial charge in [0.15, 0.2) is 11.5 Å². The molecule has 0 unspecified atom stereocenters. The Morgan fingerprint density at radius 3 is 2.39 bits per heavy atom. The van der Waals surface area contributed by atoms with Gasteiger partial charge in [-0.1, -0.05) is 6.07 Å². The molecule has 1 heterocycles. The zero-order chi connectivity index (χ0) is 16.6. The molecule has 0 saturated carbocycles. The maximum Gasteiger partial charge on any atom is 0.336 e. The van der Waals surface area contributed by atoms with Crippen LogP contribution in [0.5, 0.6) is 23.0 Å². The van der Waals surface area contributed by atoms with Crippen LogP contribution < -0.4 is 15.1 Å². The molecule has 6 heteroatoms. The van der Waals surface area contributed by atoms with Crippen molar-refractivity contribution in [1.82, 2.24) is 0 Å². The van der Waals surface area contributed by atoms with Crippen LogP contribution in [0.25, 0.3) is 22.1 Å². The minimum Gasteiger partial charge on any atom is -0.508 e. The van der Waals surface area contributed by atoms with Crippen molar-refractivity contribution in [3.63, 3.8) is 0 Å². The van der Waals surface area contributed by atoms with Crippen molar-refractivity contribution < 1.29 is 24.1 Å². The van der Waals surface area contributed by atoms with Gasteiger partial charge in [-0.05, 0) is 17.7 Å². The minimum absolute atomic E-state index is 0.0970. The second-order valence-corrected chi connectivity index (χ2v) is 4.89. The molecule has 0 bridgehead atoms. The lowest BCUT2D eigenvalue weighted by molar-refractivity contribution is 0.355. The van der Waals surface area contributed by atoms with Crippen LogP contribution in [0.3, 0.4) is 0 Å². The molecular weight excluding hydrogens is 300 g/mol. The number of benzene rings is 2. The van der Waals surface area contributed by atoms with Gasteiger partial charge in [-0.2, -0.15) is 0 Å². The fraction of sp³-hybridized carbons (Fsp3) is 0.118. The summed E-state index contributed by atoms with van der Waals surface area (Å²) in [5, 5.41) is 20.0. The average Bonchev–Trinajstić information content (AvgIpc) is 2.52. The van der Waals surface area contributed by atoms with Crippen molar-refractivity contribution in [2.24, 2.45) is 0 Å². The molecule has 0 spiro atoms. The quantitative estimate of drug-likeness (QED) is 0.723. The number of phenols is 2. The molecule has 0 fully saturated rings. The highest BCUT2D eigenvalue weighted by atomic mass is 16.5. The fourth-order valence-electron chi connectivity index (χ4n) is 2.50. The first-order valence-corrected chi connectivity index (χ1v) is 6.75. The number of aromatic hydroxyl groups is 2. The van der Waals surface area contributed by atoms with Gasteiger partial charge in [0.1, 0.15) is 17.1 Å². The first-order valence-electron chi connectivity index (χ1n) is 6.75. The molecule has 6 nitrogen and oxygen atoms in total. The van der Waals surface area contributed by atoms with Gasteiger partial charge in [-0.15, -0.1) is 0 Å². The Balaban J connectivity index is 2.34. The summed E-state index contributed by atoms with van der Waals surface area (Å²) in [6, 6.07) is 8.88. The highest BCUT2D eigenvalue weighted by Gasteiger charge is 2.15. The molecule has 0 radical (unpaired) electrons. The van der Waals surface area contributed by atoms with Gasteiger partial charge >= 0.3 is 5.63 Å². The zero-order valence-electron chi connectivity index (χ0n) is 12.5. The van der Waals surface area contributed by atoms with Crippen molar-refractivity contribution in [1.29, 1.82) is 0 Å². The van der Waals surface area contributed by atoms with Crippen LogP contribution in [0.1, 0.15) is 0 Å². The number of methoxy groups -OCH3 is 2. The molecule has 0 aliphatic rings. The van der Waals surface area contributed by atoms with Gasteiger partial charge in [0.25, 0.3) is 0 Å². The Morgan fingerprint density at radius 1 is 0.957 bits per heavy atom. The fourth-order valence-corrected chi connectivity index (χ4v) is 2.50. The SMILES string of the molecule is COc1ccc(-c2cc(=O)oc3cc(O)cc(O)c23)cc1OC. The second-order valence-electron chi connectivity index (χ2n) is 4.89. The third-order valence-corrected chi connectivity index (χ3v) is 3.50. The predicted molar refractivity (Wildman–Crippen MR) is 84.4 cm³/mol. The lowest BCUT2D eigenvalue weighted by Crippen LogP contribution is -1.99.